The summed E-state index contributed by atoms with van der Waals surface area (Å²) in [6, 6.07) is 2.18. The van der Waals surface area contributed by atoms with Gasteiger partial charge in [-0.05, 0) is 17.5 Å². The van der Waals surface area contributed by atoms with Crippen LogP contribution < -0.4 is 10.6 Å². The topological polar surface area (TPSA) is 4.93 Å². The monoisotopic (exact) mass is 213 g/mol. The van der Waals surface area contributed by atoms with E-state index in [0.29, 0.717) is 0 Å². The minimum Gasteiger partial charge on any atom is -0.343 e. The first-order valence-electron chi connectivity index (χ1n) is 4.95. The van der Waals surface area contributed by atoms with Gasteiger partial charge in [-0.15, -0.1) is 11.3 Å². The molecule has 0 spiro atoms. The van der Waals surface area contributed by atoms with Crippen LogP contribution in [0.3, 0.4) is 0 Å². The van der Waals surface area contributed by atoms with Crippen molar-refractivity contribution in [1.29, 1.82) is 0 Å². The second-order valence-electron chi connectivity index (χ2n) is 3.60. The summed E-state index contributed by atoms with van der Waals surface area (Å²) < 4.78 is 3.63. The van der Waals surface area contributed by atoms with Crippen molar-refractivity contribution in [3.05, 3.63) is 46.3 Å². The standard InChI is InChI=1S/C13H11NS/c1-14-11-7-5-3-2-4-6-10(11)13-12(14)8-9-15-13/h2-9H,1H3/b3-2?,4-2-,5-3-,6-4?,7-5?,10-6+,11-7+. The van der Waals surface area contributed by atoms with Gasteiger partial charge < -0.3 is 4.57 Å². The van der Waals surface area contributed by atoms with Crippen molar-refractivity contribution in [2.24, 2.45) is 7.05 Å². The van der Waals surface area contributed by atoms with Gasteiger partial charge in [0.05, 0.1) is 10.2 Å². The summed E-state index contributed by atoms with van der Waals surface area (Å²) in [5.41, 5.74) is 1.32. The van der Waals surface area contributed by atoms with Gasteiger partial charge in [0.2, 0.25) is 0 Å². The van der Waals surface area contributed by atoms with Gasteiger partial charge >= 0.3 is 0 Å². The minimum absolute atomic E-state index is 1.29. The summed E-state index contributed by atoms with van der Waals surface area (Å²) in [5.74, 6) is 0. The molecular formula is C13H11NS. The largest absolute Gasteiger partial charge is 0.343 e. The Labute approximate surface area is 92.0 Å². The highest BCUT2D eigenvalue weighted by Crippen LogP contribution is 2.14. The summed E-state index contributed by atoms with van der Waals surface area (Å²) in [4.78, 5) is 0. The van der Waals surface area contributed by atoms with E-state index < -0.39 is 0 Å². The van der Waals surface area contributed by atoms with Gasteiger partial charge in [-0.2, -0.15) is 0 Å². The van der Waals surface area contributed by atoms with Gasteiger partial charge in [0.15, 0.2) is 0 Å². The second kappa shape index (κ2) is 3.24. The first-order valence-corrected chi connectivity index (χ1v) is 5.83. The van der Waals surface area contributed by atoms with Crippen LogP contribution in [0.4, 0.5) is 0 Å². The Morgan fingerprint density at radius 1 is 1.07 bits per heavy atom. The summed E-state index contributed by atoms with van der Waals surface area (Å²) in [7, 11) is 2.12. The smallest absolute Gasteiger partial charge is 0.0600 e. The van der Waals surface area contributed by atoms with Crippen molar-refractivity contribution in [1.82, 2.24) is 4.57 Å². The number of allylic oxidation sites excluding steroid dienone is 4. The average molecular weight is 213 g/mol. The van der Waals surface area contributed by atoms with E-state index in [1.54, 1.807) is 0 Å². The molecule has 0 aliphatic heterocycles. The number of aryl methyl sites for hydroxylation is 1. The number of aromatic nitrogens is 1. The van der Waals surface area contributed by atoms with E-state index in [1.807, 2.05) is 11.3 Å². The van der Waals surface area contributed by atoms with Crippen LogP contribution in [0.25, 0.3) is 22.4 Å². The molecule has 0 radical (unpaired) electrons. The van der Waals surface area contributed by atoms with Crippen molar-refractivity contribution in [2.75, 3.05) is 0 Å². The van der Waals surface area contributed by atoms with E-state index in [4.69, 9.17) is 0 Å². The van der Waals surface area contributed by atoms with Crippen molar-refractivity contribution < 1.29 is 0 Å². The molecule has 0 N–H and O–H groups in total. The number of fused-ring (bicyclic) bond motifs is 3. The molecule has 2 aromatic rings. The molecule has 0 saturated carbocycles. The van der Waals surface area contributed by atoms with Crippen LogP contribution in [-0.2, 0) is 7.05 Å². The molecule has 0 aromatic carbocycles. The fourth-order valence-corrected chi connectivity index (χ4v) is 2.94. The maximum Gasteiger partial charge on any atom is 0.0600 e. The summed E-state index contributed by atoms with van der Waals surface area (Å²) in [6.07, 6.45) is 12.7. The van der Waals surface area contributed by atoms with Crippen LogP contribution in [0.1, 0.15) is 0 Å². The molecule has 3 rings (SSSR count). The normalized spacial score (nSPS) is 23.0. The maximum absolute atomic E-state index is 2.25. The van der Waals surface area contributed by atoms with Crippen molar-refractivity contribution >= 4 is 33.7 Å². The molecule has 74 valence electrons. The number of rotatable bonds is 0. The number of nitrogens with zero attached hydrogens (tertiary/aromatic N) is 1. The first kappa shape index (κ1) is 8.74. The molecule has 15 heavy (non-hydrogen) atoms. The van der Waals surface area contributed by atoms with E-state index in [9.17, 15) is 0 Å². The molecule has 2 heterocycles. The minimum atomic E-state index is 1.29. The highest BCUT2D eigenvalue weighted by Gasteiger charge is 2.04. The Kier molecular flexibility index (Phi) is 1.89. The lowest BCUT2D eigenvalue weighted by Crippen LogP contribution is -2.27. The predicted octanol–water partition coefficient (Wildman–Crippen LogP) is 1.93. The zero-order valence-corrected chi connectivity index (χ0v) is 9.29. The van der Waals surface area contributed by atoms with Crippen LogP contribution in [-0.4, -0.2) is 4.57 Å². The van der Waals surface area contributed by atoms with E-state index >= 15 is 0 Å². The molecule has 0 saturated heterocycles. The Morgan fingerprint density at radius 3 is 2.73 bits per heavy atom. The summed E-state index contributed by atoms with van der Waals surface area (Å²) in [6.45, 7) is 0. The fraction of sp³-hybridized carbons (Fsp3) is 0.0769. The van der Waals surface area contributed by atoms with Crippen molar-refractivity contribution in [3.8, 4) is 0 Å². The summed E-state index contributed by atoms with van der Waals surface area (Å²) in [5, 5.41) is 4.78. The molecule has 1 aliphatic carbocycles. The van der Waals surface area contributed by atoms with Gasteiger partial charge in [-0.3, -0.25) is 0 Å². The quantitative estimate of drug-likeness (QED) is 0.630. The van der Waals surface area contributed by atoms with Gasteiger partial charge in [0.25, 0.3) is 0 Å². The molecule has 1 aliphatic rings. The molecule has 2 aromatic heterocycles. The van der Waals surface area contributed by atoms with Crippen LogP contribution in [0.5, 0.6) is 0 Å². The van der Waals surface area contributed by atoms with Crippen LogP contribution >= 0.6 is 11.3 Å². The molecule has 0 fully saturated rings. The molecule has 0 bridgehead atoms. The average Bonchev–Trinajstić information content (AvgIpc) is 2.72. The summed E-state index contributed by atoms with van der Waals surface area (Å²) >= 11 is 1.81. The molecule has 1 nitrogen and oxygen atoms in total. The zero-order valence-electron chi connectivity index (χ0n) is 8.47. The highest BCUT2D eigenvalue weighted by molar-refractivity contribution is 7.17. The number of hydrogen-bond donors (Lipinski definition) is 0. The van der Waals surface area contributed by atoms with E-state index in [0.717, 1.165) is 0 Å². The first-order chi connectivity index (χ1) is 7.38. The lowest BCUT2D eigenvalue weighted by atomic mass is 10.3. The Bertz CT molecular complexity index is 680. The lowest BCUT2D eigenvalue weighted by molar-refractivity contribution is 0.926. The Balaban J connectivity index is 2.62. The maximum atomic E-state index is 2.25. The molecule has 0 unspecified atom stereocenters. The molecule has 0 amide bonds. The third-order valence-electron chi connectivity index (χ3n) is 2.74. The van der Waals surface area contributed by atoms with Gasteiger partial charge in [0.1, 0.15) is 0 Å². The highest BCUT2D eigenvalue weighted by atomic mass is 32.1. The number of thiophene rings is 1. The third-order valence-corrected chi connectivity index (χ3v) is 3.67. The molecule has 0 atom stereocenters. The Morgan fingerprint density at radius 2 is 1.87 bits per heavy atom. The lowest BCUT2D eigenvalue weighted by Gasteiger charge is -1.92. The predicted molar refractivity (Wildman–Crippen MR) is 67.3 cm³/mol. The second-order valence-corrected chi connectivity index (χ2v) is 4.51. The van der Waals surface area contributed by atoms with E-state index in [1.165, 1.54) is 20.8 Å². The van der Waals surface area contributed by atoms with Crippen molar-refractivity contribution in [2.45, 2.75) is 0 Å². The van der Waals surface area contributed by atoms with Gasteiger partial charge in [-0.1, -0.05) is 30.4 Å². The van der Waals surface area contributed by atoms with Crippen LogP contribution in [0.2, 0.25) is 0 Å². The number of hydrogen-bond acceptors (Lipinski definition) is 1. The molecule has 2 heteroatoms. The third kappa shape index (κ3) is 1.22. The van der Waals surface area contributed by atoms with E-state index in [2.05, 4.69) is 59.5 Å². The fourth-order valence-electron chi connectivity index (χ4n) is 1.98. The van der Waals surface area contributed by atoms with Crippen LogP contribution in [0.15, 0.2) is 35.8 Å². The SMILES string of the molecule is Cn1c2/c(c3sccc31)=C\C=C/C=C\C=2. The van der Waals surface area contributed by atoms with Crippen molar-refractivity contribution in [3.63, 3.8) is 0 Å². The molecular weight excluding hydrogens is 202 g/mol. The zero-order chi connectivity index (χ0) is 10.3. The Hall–Kier alpha value is -1.54. The van der Waals surface area contributed by atoms with Gasteiger partial charge in [-0.25, -0.2) is 0 Å². The van der Waals surface area contributed by atoms with E-state index in [-0.39, 0.29) is 0 Å². The van der Waals surface area contributed by atoms with Gasteiger partial charge in [0, 0.05) is 17.6 Å². The van der Waals surface area contributed by atoms with Crippen LogP contribution in [0, 0.1) is 0 Å².